The highest BCUT2D eigenvalue weighted by Crippen LogP contribution is 2.23. The Balaban J connectivity index is 1.68. The van der Waals surface area contributed by atoms with E-state index in [1.54, 1.807) is 31.4 Å². The zero-order chi connectivity index (χ0) is 22.5. The third kappa shape index (κ3) is 8.54. The number of carbonyl (C=O) groups excluding carboxylic acids is 2. The van der Waals surface area contributed by atoms with E-state index in [1.165, 1.54) is 6.08 Å². The minimum Gasteiger partial charge on any atom is -0.497 e. The van der Waals surface area contributed by atoms with Crippen molar-refractivity contribution in [3.63, 3.8) is 0 Å². The summed E-state index contributed by atoms with van der Waals surface area (Å²) in [6.45, 7) is 6.21. The first kappa shape index (κ1) is 24.0. The number of methoxy groups -OCH3 is 1. The molecule has 31 heavy (non-hydrogen) atoms. The zero-order valence-electron chi connectivity index (χ0n) is 18.2. The van der Waals surface area contributed by atoms with E-state index < -0.39 is 5.92 Å². The molecule has 0 N–H and O–H groups in total. The number of hydrogen-bond donors (Lipinski definition) is 0. The maximum Gasteiger partial charge on any atom is 0.330 e. The largest absolute Gasteiger partial charge is 0.497 e. The molecule has 0 heterocycles. The summed E-state index contributed by atoms with van der Waals surface area (Å²) in [6, 6.07) is 14.4. The molecule has 2 aromatic carbocycles. The van der Waals surface area contributed by atoms with E-state index in [2.05, 4.69) is 6.58 Å². The van der Waals surface area contributed by atoms with Crippen molar-refractivity contribution in [3.05, 3.63) is 66.7 Å². The van der Waals surface area contributed by atoms with Crippen LogP contribution in [0.2, 0.25) is 0 Å². The quantitative estimate of drug-likeness (QED) is 0.193. The average Bonchev–Trinajstić information content (AvgIpc) is 2.81. The van der Waals surface area contributed by atoms with Crippen LogP contribution >= 0.6 is 0 Å². The Bertz CT molecular complexity index is 826. The number of benzene rings is 2. The lowest BCUT2D eigenvalue weighted by Crippen LogP contribution is -2.16. The summed E-state index contributed by atoms with van der Waals surface area (Å²) < 4.78 is 21.2. The smallest absolute Gasteiger partial charge is 0.330 e. The third-order valence-corrected chi connectivity index (χ3v) is 4.73. The van der Waals surface area contributed by atoms with Gasteiger partial charge < -0.3 is 18.9 Å². The summed E-state index contributed by atoms with van der Waals surface area (Å²) in [6.07, 6.45) is 4.89. The van der Waals surface area contributed by atoms with Gasteiger partial charge in [-0.05, 0) is 74.6 Å². The lowest BCUT2D eigenvalue weighted by molar-refractivity contribution is -0.138. The second-order valence-corrected chi connectivity index (χ2v) is 7.02. The van der Waals surface area contributed by atoms with Crippen molar-refractivity contribution in [2.75, 3.05) is 20.3 Å². The molecule has 1 atom stereocenters. The average molecular weight is 427 g/mol. The Morgan fingerprint density at radius 2 is 1.45 bits per heavy atom. The number of ether oxygens (including phenoxy) is 4. The second-order valence-electron chi connectivity index (χ2n) is 7.02. The fraction of sp³-hybridized carbons (Fsp3) is 0.360. The second kappa shape index (κ2) is 13.1. The molecule has 0 spiro atoms. The third-order valence-electron chi connectivity index (χ3n) is 4.73. The number of hydrogen-bond acceptors (Lipinski definition) is 6. The molecule has 0 saturated heterocycles. The fourth-order valence-corrected chi connectivity index (χ4v) is 2.82. The molecule has 2 aromatic rings. The molecule has 0 fully saturated rings. The molecular weight excluding hydrogens is 396 g/mol. The maximum absolute atomic E-state index is 12.4. The molecule has 6 nitrogen and oxygen atoms in total. The highest BCUT2D eigenvalue weighted by Gasteiger charge is 2.17. The molecule has 1 unspecified atom stereocenters. The standard InChI is InChI=1S/C25H30O6/c1-4-24(26)30-18-8-6-5-7-17-29-22-11-9-20(10-12-22)19(2)25(27)31-23-15-13-21(28-3)14-16-23/h4,9-16,19H,1,5-8,17-18H2,2-3H3. The van der Waals surface area contributed by atoms with Crippen LogP contribution < -0.4 is 14.2 Å². The monoisotopic (exact) mass is 426 g/mol. The van der Waals surface area contributed by atoms with Crippen molar-refractivity contribution in [2.45, 2.75) is 38.5 Å². The molecule has 2 rings (SSSR count). The van der Waals surface area contributed by atoms with E-state index in [1.807, 2.05) is 31.2 Å². The molecule has 166 valence electrons. The Labute approximate surface area is 183 Å². The Hall–Kier alpha value is -3.28. The van der Waals surface area contributed by atoms with E-state index in [-0.39, 0.29) is 11.9 Å². The molecule has 0 radical (unpaired) electrons. The first-order chi connectivity index (χ1) is 15.0. The Kier molecular flexibility index (Phi) is 10.1. The van der Waals surface area contributed by atoms with Crippen molar-refractivity contribution in [1.29, 1.82) is 0 Å². The van der Waals surface area contributed by atoms with Gasteiger partial charge in [-0.1, -0.05) is 18.7 Å². The summed E-state index contributed by atoms with van der Waals surface area (Å²) in [4.78, 5) is 23.3. The van der Waals surface area contributed by atoms with Crippen LogP contribution in [0.15, 0.2) is 61.2 Å². The van der Waals surface area contributed by atoms with Gasteiger partial charge in [0.05, 0.1) is 26.2 Å². The summed E-state index contributed by atoms with van der Waals surface area (Å²) >= 11 is 0. The minimum atomic E-state index is -0.397. The van der Waals surface area contributed by atoms with Gasteiger partial charge in [-0.2, -0.15) is 0 Å². The predicted octanol–water partition coefficient (Wildman–Crippen LogP) is 5.07. The topological polar surface area (TPSA) is 71.1 Å². The molecule has 0 saturated carbocycles. The fourth-order valence-electron chi connectivity index (χ4n) is 2.82. The highest BCUT2D eigenvalue weighted by atomic mass is 16.5. The van der Waals surface area contributed by atoms with Gasteiger partial charge in [-0.3, -0.25) is 4.79 Å². The van der Waals surface area contributed by atoms with Gasteiger partial charge in [0.25, 0.3) is 0 Å². The van der Waals surface area contributed by atoms with Crippen LogP contribution in [0.1, 0.15) is 44.1 Å². The molecule has 0 aliphatic heterocycles. The van der Waals surface area contributed by atoms with Crippen LogP contribution in [0.4, 0.5) is 0 Å². The number of carbonyl (C=O) groups is 2. The Morgan fingerprint density at radius 1 is 0.871 bits per heavy atom. The minimum absolute atomic E-state index is 0.322. The summed E-state index contributed by atoms with van der Waals surface area (Å²) in [7, 11) is 1.59. The summed E-state index contributed by atoms with van der Waals surface area (Å²) in [5, 5.41) is 0. The van der Waals surface area contributed by atoms with Gasteiger partial charge in [0.1, 0.15) is 17.2 Å². The van der Waals surface area contributed by atoms with E-state index in [4.69, 9.17) is 18.9 Å². The lowest BCUT2D eigenvalue weighted by atomic mass is 10.0. The molecular formula is C25H30O6. The number of rotatable bonds is 13. The van der Waals surface area contributed by atoms with Crippen LogP contribution in [0.5, 0.6) is 17.2 Å². The molecule has 0 amide bonds. The first-order valence-corrected chi connectivity index (χ1v) is 10.4. The molecule has 6 heteroatoms. The van der Waals surface area contributed by atoms with Crippen LogP contribution in [0, 0.1) is 0 Å². The Morgan fingerprint density at radius 3 is 2.06 bits per heavy atom. The van der Waals surface area contributed by atoms with Crippen molar-refractivity contribution < 1.29 is 28.5 Å². The summed E-state index contributed by atoms with van der Waals surface area (Å²) in [5.74, 6) is 0.854. The summed E-state index contributed by atoms with van der Waals surface area (Å²) in [5.41, 5.74) is 0.861. The molecule has 0 aliphatic carbocycles. The van der Waals surface area contributed by atoms with E-state index in [0.717, 1.165) is 37.0 Å². The van der Waals surface area contributed by atoms with E-state index >= 15 is 0 Å². The van der Waals surface area contributed by atoms with Gasteiger partial charge in [-0.15, -0.1) is 0 Å². The van der Waals surface area contributed by atoms with Crippen LogP contribution in [-0.2, 0) is 14.3 Å². The lowest BCUT2D eigenvalue weighted by Gasteiger charge is -2.13. The van der Waals surface area contributed by atoms with Crippen molar-refractivity contribution >= 4 is 11.9 Å². The SMILES string of the molecule is C=CC(=O)OCCCCCCOc1ccc(C(C)C(=O)Oc2ccc(OC)cc2)cc1. The van der Waals surface area contributed by atoms with Crippen LogP contribution in [-0.4, -0.2) is 32.3 Å². The van der Waals surface area contributed by atoms with Gasteiger partial charge in [0, 0.05) is 6.08 Å². The van der Waals surface area contributed by atoms with Gasteiger partial charge >= 0.3 is 11.9 Å². The maximum atomic E-state index is 12.4. The van der Waals surface area contributed by atoms with E-state index in [0.29, 0.717) is 24.7 Å². The van der Waals surface area contributed by atoms with E-state index in [9.17, 15) is 9.59 Å². The van der Waals surface area contributed by atoms with Crippen molar-refractivity contribution in [3.8, 4) is 17.2 Å². The van der Waals surface area contributed by atoms with Crippen molar-refractivity contribution in [1.82, 2.24) is 0 Å². The number of unbranched alkanes of at least 4 members (excludes halogenated alkanes) is 3. The van der Waals surface area contributed by atoms with Gasteiger partial charge in [0.15, 0.2) is 0 Å². The first-order valence-electron chi connectivity index (χ1n) is 10.4. The highest BCUT2D eigenvalue weighted by molar-refractivity contribution is 5.81. The molecule has 0 aliphatic rings. The van der Waals surface area contributed by atoms with Gasteiger partial charge in [-0.25, -0.2) is 4.79 Å². The van der Waals surface area contributed by atoms with Crippen LogP contribution in [0.3, 0.4) is 0 Å². The zero-order valence-corrected chi connectivity index (χ0v) is 18.2. The molecule has 0 bridgehead atoms. The van der Waals surface area contributed by atoms with Crippen molar-refractivity contribution in [2.24, 2.45) is 0 Å². The molecule has 0 aromatic heterocycles. The van der Waals surface area contributed by atoms with Crippen LogP contribution in [0.25, 0.3) is 0 Å². The number of esters is 2. The normalized spacial score (nSPS) is 11.3. The van der Waals surface area contributed by atoms with Gasteiger partial charge in [0.2, 0.25) is 0 Å². The predicted molar refractivity (Wildman–Crippen MR) is 119 cm³/mol.